The average molecular weight is 404 g/mol. The monoisotopic (exact) mass is 403 g/mol. The number of aromatic nitrogens is 1. The second kappa shape index (κ2) is 5.65. The first-order valence-electron chi connectivity index (χ1n) is 9.22. The van der Waals surface area contributed by atoms with E-state index in [9.17, 15) is 14.3 Å². The molecule has 2 aromatic rings. The van der Waals surface area contributed by atoms with Crippen molar-refractivity contribution in [2.75, 3.05) is 6.54 Å². The molecule has 1 aliphatic heterocycles. The van der Waals surface area contributed by atoms with Crippen molar-refractivity contribution in [2.45, 2.75) is 36.4 Å². The van der Waals surface area contributed by atoms with Crippen molar-refractivity contribution in [3.63, 3.8) is 0 Å². The maximum atomic E-state index is 14.1. The van der Waals surface area contributed by atoms with Crippen molar-refractivity contribution in [3.05, 3.63) is 46.4 Å². The summed E-state index contributed by atoms with van der Waals surface area (Å²) in [5.41, 5.74) is 10.8. The molecule has 0 spiro atoms. The van der Waals surface area contributed by atoms with Gasteiger partial charge < -0.3 is 21.3 Å². The van der Waals surface area contributed by atoms with Crippen molar-refractivity contribution in [1.82, 2.24) is 4.98 Å². The Labute approximate surface area is 165 Å². The Bertz CT molecular complexity index is 1030. The van der Waals surface area contributed by atoms with Gasteiger partial charge in [-0.1, -0.05) is 23.7 Å². The number of benzene rings is 1. The zero-order chi connectivity index (χ0) is 19.8. The van der Waals surface area contributed by atoms with Gasteiger partial charge in [-0.25, -0.2) is 9.37 Å². The molecule has 5 rings (SSSR count). The zero-order valence-electron chi connectivity index (χ0n) is 14.9. The van der Waals surface area contributed by atoms with E-state index in [1.807, 2.05) is 0 Å². The first-order valence-corrected chi connectivity index (χ1v) is 9.60. The van der Waals surface area contributed by atoms with Crippen LogP contribution in [0.3, 0.4) is 0 Å². The molecule has 1 aromatic carbocycles. The Balaban J connectivity index is 1.78. The van der Waals surface area contributed by atoms with Crippen molar-refractivity contribution in [3.8, 4) is 17.0 Å². The van der Waals surface area contributed by atoms with Gasteiger partial charge in [0.1, 0.15) is 28.6 Å². The molecule has 5 N–H and O–H groups in total. The summed E-state index contributed by atoms with van der Waals surface area (Å²) >= 11 is 6.20. The lowest BCUT2D eigenvalue weighted by Crippen LogP contribution is -2.38. The lowest BCUT2D eigenvalue weighted by molar-refractivity contribution is -0.120. The lowest BCUT2D eigenvalue weighted by atomic mass is 9.87. The fraction of sp³-hybridized carbons (Fsp3) is 0.400. The third-order valence-corrected chi connectivity index (χ3v) is 6.65. The summed E-state index contributed by atoms with van der Waals surface area (Å²) in [6.07, 6.45) is 1.76. The van der Waals surface area contributed by atoms with Crippen LogP contribution in [0.1, 0.15) is 30.5 Å². The first-order chi connectivity index (χ1) is 13.3. The number of amides is 1. The van der Waals surface area contributed by atoms with Gasteiger partial charge in [0.25, 0.3) is 0 Å². The fourth-order valence-electron chi connectivity index (χ4n) is 4.31. The Hall–Kier alpha value is -2.22. The molecule has 1 aromatic heterocycles. The molecule has 28 heavy (non-hydrogen) atoms. The van der Waals surface area contributed by atoms with Gasteiger partial charge in [0.2, 0.25) is 5.91 Å². The number of carbonyl (C=O) groups excluding carboxylic acids is 1. The van der Waals surface area contributed by atoms with E-state index in [0.717, 1.165) is 12.8 Å². The minimum Gasteiger partial charge on any atom is -0.486 e. The standard InChI is InChI=1S/C20H19ClFN3O3/c21-15-10(2-1-3-12(15)22)16-17-11(19(18(24)26)7-14(19)28-17)6-13(25-16)20(27,8-23)9-4-5-9/h1-3,6,9,14,27H,4-5,7-8,23H2,(H2,24,26)/t14?,19-,20?/m1/s1. The van der Waals surface area contributed by atoms with E-state index in [1.165, 1.54) is 12.1 Å². The molecule has 8 heteroatoms. The molecule has 2 saturated carbocycles. The minimum atomic E-state index is -1.34. The molecule has 0 bridgehead atoms. The number of halogens is 2. The number of ether oxygens (including phenoxy) is 1. The minimum absolute atomic E-state index is 0.0132. The normalized spacial score (nSPS) is 26.8. The van der Waals surface area contributed by atoms with Crippen molar-refractivity contribution in [2.24, 2.45) is 17.4 Å². The topological polar surface area (TPSA) is 111 Å². The summed E-state index contributed by atoms with van der Waals surface area (Å²) in [5.74, 6) is -0.737. The molecule has 0 radical (unpaired) electrons. The van der Waals surface area contributed by atoms with E-state index in [1.54, 1.807) is 12.1 Å². The molecule has 2 aliphatic carbocycles. The van der Waals surface area contributed by atoms with Crippen LogP contribution in [0.4, 0.5) is 4.39 Å². The number of nitrogens with two attached hydrogens (primary N) is 2. The van der Waals surface area contributed by atoms with E-state index < -0.39 is 22.7 Å². The van der Waals surface area contributed by atoms with Crippen molar-refractivity contribution < 1.29 is 19.0 Å². The number of aliphatic hydroxyl groups is 1. The summed E-state index contributed by atoms with van der Waals surface area (Å²) < 4.78 is 20.0. The summed E-state index contributed by atoms with van der Waals surface area (Å²) in [6.45, 7) is -0.0202. The van der Waals surface area contributed by atoms with Crippen molar-refractivity contribution in [1.29, 1.82) is 0 Å². The molecular formula is C20H19ClFN3O3. The van der Waals surface area contributed by atoms with Crippen LogP contribution in [0, 0.1) is 11.7 Å². The van der Waals surface area contributed by atoms with Crippen LogP contribution in [0.2, 0.25) is 5.02 Å². The zero-order valence-corrected chi connectivity index (χ0v) is 15.7. The number of fused-ring (bicyclic) bond motifs is 3. The van der Waals surface area contributed by atoms with Gasteiger partial charge in [-0.3, -0.25) is 4.79 Å². The van der Waals surface area contributed by atoms with E-state index in [-0.39, 0.29) is 29.3 Å². The highest BCUT2D eigenvalue weighted by Crippen LogP contribution is 2.61. The SMILES string of the molecule is NCC(O)(c1cc2c(c(-c3cccc(F)c3Cl)n1)OC1C[C@@]21C(N)=O)C1CC1. The number of hydrogen-bond acceptors (Lipinski definition) is 5. The van der Waals surface area contributed by atoms with Crippen LogP contribution in [0.25, 0.3) is 11.3 Å². The number of nitrogens with zero attached hydrogens (tertiary/aromatic N) is 1. The molecule has 1 amide bonds. The summed E-state index contributed by atoms with van der Waals surface area (Å²) in [6, 6.07) is 6.07. The van der Waals surface area contributed by atoms with Crippen LogP contribution in [-0.2, 0) is 15.8 Å². The van der Waals surface area contributed by atoms with Gasteiger partial charge in [-0.05, 0) is 30.9 Å². The first kappa shape index (κ1) is 17.8. The molecule has 6 nitrogen and oxygen atoms in total. The van der Waals surface area contributed by atoms with Gasteiger partial charge in [0.05, 0.1) is 10.7 Å². The molecule has 2 unspecified atom stereocenters. The number of carbonyl (C=O) groups is 1. The van der Waals surface area contributed by atoms with Gasteiger partial charge in [-0.2, -0.15) is 0 Å². The van der Waals surface area contributed by atoms with Gasteiger partial charge >= 0.3 is 0 Å². The van der Waals surface area contributed by atoms with Gasteiger partial charge in [0, 0.05) is 24.1 Å². The maximum absolute atomic E-state index is 14.1. The van der Waals surface area contributed by atoms with Crippen LogP contribution in [0.5, 0.6) is 5.75 Å². The van der Waals surface area contributed by atoms with Crippen LogP contribution in [-0.4, -0.2) is 28.6 Å². The third-order valence-electron chi connectivity index (χ3n) is 6.26. The third kappa shape index (κ3) is 2.21. The predicted octanol–water partition coefficient (Wildman–Crippen LogP) is 1.99. The highest BCUT2D eigenvalue weighted by molar-refractivity contribution is 6.33. The molecule has 146 valence electrons. The smallest absolute Gasteiger partial charge is 0.232 e. The van der Waals surface area contributed by atoms with Crippen LogP contribution in [0.15, 0.2) is 24.3 Å². The van der Waals surface area contributed by atoms with E-state index in [4.69, 9.17) is 27.8 Å². The van der Waals surface area contributed by atoms with Crippen molar-refractivity contribution >= 4 is 17.5 Å². The Morgan fingerprint density at radius 3 is 2.86 bits per heavy atom. The number of hydrogen-bond donors (Lipinski definition) is 3. The lowest BCUT2D eigenvalue weighted by Gasteiger charge is -2.28. The Morgan fingerprint density at radius 2 is 2.21 bits per heavy atom. The molecule has 2 fully saturated rings. The highest BCUT2D eigenvalue weighted by atomic mass is 35.5. The molecular weight excluding hydrogens is 385 g/mol. The van der Waals surface area contributed by atoms with E-state index in [0.29, 0.717) is 29.0 Å². The summed E-state index contributed by atoms with van der Waals surface area (Å²) in [4.78, 5) is 16.8. The number of rotatable bonds is 5. The quantitative estimate of drug-likeness (QED) is 0.706. The van der Waals surface area contributed by atoms with Gasteiger partial charge in [-0.15, -0.1) is 0 Å². The second-order valence-electron chi connectivity index (χ2n) is 7.88. The highest BCUT2D eigenvalue weighted by Gasteiger charge is 2.68. The summed E-state index contributed by atoms with van der Waals surface area (Å²) in [5, 5.41) is 11.1. The number of pyridine rings is 1. The van der Waals surface area contributed by atoms with Crippen LogP contribution >= 0.6 is 11.6 Å². The largest absolute Gasteiger partial charge is 0.486 e. The molecule has 3 atom stereocenters. The van der Waals surface area contributed by atoms with Gasteiger partial charge in [0.15, 0.2) is 5.75 Å². The summed E-state index contributed by atoms with van der Waals surface area (Å²) in [7, 11) is 0. The predicted molar refractivity (Wildman–Crippen MR) is 100 cm³/mol. The molecule has 2 heterocycles. The van der Waals surface area contributed by atoms with E-state index in [2.05, 4.69) is 4.98 Å². The fourth-order valence-corrected chi connectivity index (χ4v) is 4.53. The molecule has 0 saturated heterocycles. The van der Waals surface area contributed by atoms with Crippen LogP contribution < -0.4 is 16.2 Å². The second-order valence-corrected chi connectivity index (χ2v) is 8.26. The number of primary amides is 1. The average Bonchev–Trinajstić information content (AvgIpc) is 3.59. The Kier molecular flexibility index (Phi) is 3.60. The molecule has 3 aliphatic rings. The maximum Gasteiger partial charge on any atom is 0.232 e. The van der Waals surface area contributed by atoms with E-state index >= 15 is 0 Å². The Morgan fingerprint density at radius 1 is 1.46 bits per heavy atom.